The first-order valence-electron chi connectivity index (χ1n) is 12.7. The minimum absolute atomic E-state index is 0.0118. The lowest BCUT2D eigenvalue weighted by molar-refractivity contribution is -0.384. The number of non-ortho nitro benzene ring substituents is 1. The molecule has 3 heterocycles. The van der Waals surface area contributed by atoms with Gasteiger partial charge in [0.1, 0.15) is 17.4 Å². The molecule has 0 unspecified atom stereocenters. The third-order valence-electron chi connectivity index (χ3n) is 6.77. The maximum absolute atomic E-state index is 14.1. The van der Waals surface area contributed by atoms with Crippen LogP contribution < -0.4 is 20.2 Å². The first kappa shape index (κ1) is 29.1. The fraction of sp³-hybridized carbons (Fsp3) is 0.259. The molecule has 1 N–H and O–H groups in total. The van der Waals surface area contributed by atoms with Crippen molar-refractivity contribution in [1.29, 1.82) is 0 Å². The topological polar surface area (TPSA) is 169 Å². The third kappa shape index (κ3) is 5.59. The molecule has 0 aliphatic carbocycles. The summed E-state index contributed by atoms with van der Waals surface area (Å²) in [7, 11) is 0. The second-order valence-corrected chi connectivity index (χ2v) is 9.53. The number of amides is 2. The Morgan fingerprint density at radius 3 is 2.60 bits per heavy atom. The molecule has 224 valence electrons. The Kier molecular flexibility index (Phi) is 7.78. The fourth-order valence-electron chi connectivity index (χ4n) is 4.76. The van der Waals surface area contributed by atoms with Gasteiger partial charge in [-0.15, -0.1) is 0 Å². The molecule has 0 spiro atoms. The SMILES string of the molecule is C[C@H]1CO[C@@]2(C(=O)NCc3ccc(F)cc3F)Cn3ccc(=O)c(OCOC(=O)Oc4ccc([N+](=O)[O-])cc4)c3C(=O)N12. The van der Waals surface area contributed by atoms with Gasteiger partial charge in [-0.05, 0) is 25.1 Å². The highest BCUT2D eigenvalue weighted by molar-refractivity contribution is 6.01. The molecule has 1 saturated heterocycles. The number of nitrogens with zero attached hydrogens (tertiary/aromatic N) is 3. The minimum Gasteiger partial charge on any atom is -0.451 e. The molecule has 1 fully saturated rings. The van der Waals surface area contributed by atoms with E-state index in [0.717, 1.165) is 29.2 Å². The van der Waals surface area contributed by atoms with Crippen LogP contribution in [0.1, 0.15) is 23.0 Å². The van der Waals surface area contributed by atoms with Gasteiger partial charge in [0.25, 0.3) is 17.5 Å². The van der Waals surface area contributed by atoms with Crippen molar-refractivity contribution in [2.45, 2.75) is 31.8 Å². The van der Waals surface area contributed by atoms with Crippen molar-refractivity contribution in [3.63, 3.8) is 0 Å². The number of carbonyl (C=O) groups excluding carboxylic acids is 3. The number of aromatic nitrogens is 1. The highest BCUT2D eigenvalue weighted by Crippen LogP contribution is 2.37. The second-order valence-electron chi connectivity index (χ2n) is 9.53. The van der Waals surface area contributed by atoms with E-state index in [2.05, 4.69) is 5.32 Å². The number of nitro groups is 1. The Bertz CT molecular complexity index is 1680. The Morgan fingerprint density at radius 2 is 1.91 bits per heavy atom. The lowest BCUT2D eigenvalue weighted by atomic mass is 10.0. The van der Waals surface area contributed by atoms with Gasteiger partial charge in [-0.2, -0.15) is 0 Å². The Hall–Kier alpha value is -5.38. The summed E-state index contributed by atoms with van der Waals surface area (Å²) in [5.74, 6) is -3.71. The lowest BCUT2D eigenvalue weighted by Crippen LogP contribution is -2.65. The number of fused-ring (bicyclic) bond motifs is 2. The molecule has 2 aliphatic heterocycles. The number of carbonyl (C=O) groups is 3. The van der Waals surface area contributed by atoms with Crippen molar-refractivity contribution in [2.75, 3.05) is 13.4 Å². The van der Waals surface area contributed by atoms with Crippen molar-refractivity contribution in [2.24, 2.45) is 0 Å². The van der Waals surface area contributed by atoms with Crippen LogP contribution in [0.25, 0.3) is 0 Å². The highest BCUT2D eigenvalue weighted by Gasteiger charge is 2.58. The molecule has 43 heavy (non-hydrogen) atoms. The quantitative estimate of drug-likeness (QED) is 0.133. The van der Waals surface area contributed by atoms with Crippen molar-refractivity contribution in [1.82, 2.24) is 14.8 Å². The smallest absolute Gasteiger partial charge is 0.451 e. The standard InChI is InChI=1S/C27H22F2N4O10/c1-15-12-42-27(25(36)30-11-16-2-3-17(28)10-20(16)29)13-31-9-8-21(34)23(22(31)24(35)32(15)27)40-14-41-26(37)43-19-6-4-18(5-7-19)33(38)39/h2-10,15H,11-14H2,1H3,(H,30,36)/t15-,27+/m0/s1. The molecule has 16 heteroatoms. The van der Waals surface area contributed by atoms with E-state index >= 15 is 0 Å². The summed E-state index contributed by atoms with van der Waals surface area (Å²) in [5.41, 5.74) is -3.01. The number of halogens is 2. The van der Waals surface area contributed by atoms with Crippen LogP contribution in [-0.4, -0.2) is 57.5 Å². The van der Waals surface area contributed by atoms with Gasteiger partial charge in [0, 0.05) is 42.6 Å². The van der Waals surface area contributed by atoms with Crippen LogP contribution >= 0.6 is 0 Å². The van der Waals surface area contributed by atoms with Crippen LogP contribution in [0.5, 0.6) is 11.5 Å². The van der Waals surface area contributed by atoms with E-state index in [-0.39, 0.29) is 42.4 Å². The number of hydrogen-bond acceptors (Lipinski definition) is 10. The van der Waals surface area contributed by atoms with Crippen molar-refractivity contribution < 1.29 is 47.0 Å². The molecule has 2 aliphatic rings. The van der Waals surface area contributed by atoms with Gasteiger partial charge in [-0.25, -0.2) is 13.6 Å². The number of ether oxygens (including phenoxy) is 4. The van der Waals surface area contributed by atoms with Crippen LogP contribution in [0.4, 0.5) is 19.3 Å². The van der Waals surface area contributed by atoms with Crippen LogP contribution in [0.15, 0.2) is 59.5 Å². The lowest BCUT2D eigenvalue weighted by Gasteiger charge is -2.42. The number of hydrogen-bond donors (Lipinski definition) is 1. The first-order valence-corrected chi connectivity index (χ1v) is 12.7. The fourth-order valence-corrected chi connectivity index (χ4v) is 4.76. The van der Waals surface area contributed by atoms with Gasteiger partial charge in [0.15, 0.2) is 11.4 Å². The Balaban J connectivity index is 1.31. The summed E-state index contributed by atoms with van der Waals surface area (Å²) in [4.78, 5) is 63.1. The molecule has 3 aromatic rings. The number of nitrogens with one attached hydrogen (secondary N) is 1. The van der Waals surface area contributed by atoms with E-state index in [0.29, 0.717) is 6.07 Å². The first-order chi connectivity index (χ1) is 20.5. The number of pyridine rings is 1. The predicted octanol–water partition coefficient (Wildman–Crippen LogP) is 2.47. The third-order valence-corrected chi connectivity index (χ3v) is 6.77. The maximum Gasteiger partial charge on any atom is 0.516 e. The van der Waals surface area contributed by atoms with Gasteiger partial charge >= 0.3 is 6.16 Å². The Morgan fingerprint density at radius 1 is 1.16 bits per heavy atom. The maximum atomic E-state index is 14.1. The van der Waals surface area contributed by atoms with Gasteiger partial charge < -0.3 is 28.8 Å². The number of benzene rings is 2. The van der Waals surface area contributed by atoms with E-state index in [4.69, 9.17) is 18.9 Å². The van der Waals surface area contributed by atoms with Crippen molar-refractivity contribution in [3.8, 4) is 11.5 Å². The van der Waals surface area contributed by atoms with Crippen LogP contribution in [-0.2, 0) is 27.4 Å². The van der Waals surface area contributed by atoms with Crippen LogP contribution in [0, 0.1) is 21.7 Å². The molecule has 1 aromatic heterocycles. The normalized spacial score (nSPS) is 18.8. The van der Waals surface area contributed by atoms with Gasteiger partial charge in [0.05, 0.1) is 24.1 Å². The minimum atomic E-state index is -1.85. The van der Waals surface area contributed by atoms with Crippen molar-refractivity contribution in [3.05, 3.63) is 98.0 Å². The summed E-state index contributed by atoms with van der Waals surface area (Å²) in [5, 5.41) is 13.3. The van der Waals surface area contributed by atoms with E-state index in [1.807, 2.05) is 0 Å². The molecule has 0 bridgehead atoms. The summed E-state index contributed by atoms with van der Waals surface area (Å²) >= 11 is 0. The van der Waals surface area contributed by atoms with E-state index in [1.165, 1.54) is 29.0 Å². The average molecular weight is 600 g/mol. The van der Waals surface area contributed by atoms with Gasteiger partial charge in [-0.1, -0.05) is 6.07 Å². The molecule has 14 nitrogen and oxygen atoms in total. The summed E-state index contributed by atoms with van der Waals surface area (Å²) in [6.45, 7) is 0.172. The van der Waals surface area contributed by atoms with Crippen LogP contribution in [0.2, 0.25) is 0 Å². The van der Waals surface area contributed by atoms with E-state index in [9.17, 15) is 38.1 Å². The summed E-state index contributed by atoms with van der Waals surface area (Å²) in [6, 6.07) is 7.95. The van der Waals surface area contributed by atoms with Gasteiger partial charge in [-0.3, -0.25) is 29.4 Å². The zero-order valence-corrected chi connectivity index (χ0v) is 22.3. The summed E-state index contributed by atoms with van der Waals surface area (Å²) < 4.78 is 49.6. The Labute approximate surface area is 240 Å². The number of rotatable bonds is 8. The molecule has 2 atom stereocenters. The van der Waals surface area contributed by atoms with E-state index in [1.54, 1.807) is 6.92 Å². The largest absolute Gasteiger partial charge is 0.516 e. The summed E-state index contributed by atoms with van der Waals surface area (Å²) in [6.07, 6.45) is 0.0183. The predicted molar refractivity (Wildman–Crippen MR) is 139 cm³/mol. The molecular weight excluding hydrogens is 578 g/mol. The van der Waals surface area contributed by atoms with Crippen molar-refractivity contribution >= 4 is 23.7 Å². The molecule has 0 saturated carbocycles. The molecule has 0 radical (unpaired) electrons. The van der Waals surface area contributed by atoms with E-state index < -0.39 is 64.3 Å². The zero-order valence-electron chi connectivity index (χ0n) is 22.3. The zero-order chi connectivity index (χ0) is 30.9. The average Bonchev–Trinajstić information content (AvgIpc) is 3.31. The highest BCUT2D eigenvalue weighted by atomic mass is 19.1. The molecule has 5 rings (SSSR count). The molecule has 2 aromatic carbocycles. The number of nitro benzene ring substituents is 1. The molecule has 2 amide bonds. The van der Waals surface area contributed by atoms with Gasteiger partial charge in [0.2, 0.25) is 17.9 Å². The molecular formula is C27H22F2N4O10. The van der Waals surface area contributed by atoms with Crippen LogP contribution in [0.3, 0.4) is 0 Å². The second kappa shape index (κ2) is 11.5. The monoisotopic (exact) mass is 600 g/mol.